The third-order valence-electron chi connectivity index (χ3n) is 2.06. The van der Waals surface area contributed by atoms with E-state index in [-0.39, 0.29) is 17.4 Å². The second kappa shape index (κ2) is 4.16. The number of methoxy groups -OCH3 is 1. The molecule has 0 bridgehead atoms. The monoisotopic (exact) mass is 235 g/mol. The van der Waals surface area contributed by atoms with Crippen molar-refractivity contribution in [2.75, 3.05) is 7.11 Å². The fraction of sp³-hybridized carbons (Fsp3) is 0.222. The van der Waals surface area contributed by atoms with Crippen molar-refractivity contribution in [1.82, 2.24) is 19.7 Å². The van der Waals surface area contributed by atoms with Gasteiger partial charge in [0, 0.05) is 12.1 Å². The number of aromatic nitrogens is 4. The zero-order chi connectivity index (χ0) is 12.4. The molecule has 2 rings (SSSR count). The fourth-order valence-electron chi connectivity index (χ4n) is 1.30. The Kier molecular flexibility index (Phi) is 2.69. The third kappa shape index (κ3) is 2.05. The van der Waals surface area contributed by atoms with Crippen molar-refractivity contribution in [3.05, 3.63) is 34.4 Å². The van der Waals surface area contributed by atoms with Crippen LogP contribution in [-0.4, -0.2) is 31.8 Å². The molecular weight excluding hydrogens is 226 g/mol. The van der Waals surface area contributed by atoms with E-state index in [1.807, 2.05) is 0 Å². The predicted molar refractivity (Wildman–Crippen MR) is 57.1 cm³/mol. The van der Waals surface area contributed by atoms with E-state index >= 15 is 0 Å². The van der Waals surface area contributed by atoms with Gasteiger partial charge in [-0.3, -0.25) is 10.1 Å². The second-order valence-corrected chi connectivity index (χ2v) is 3.19. The maximum atomic E-state index is 10.9. The van der Waals surface area contributed by atoms with E-state index in [1.165, 1.54) is 30.3 Å². The summed E-state index contributed by atoms with van der Waals surface area (Å²) in [6.45, 7) is 1.68. The molecule has 2 aromatic heterocycles. The molecule has 0 saturated carbocycles. The molecule has 0 N–H and O–H groups in total. The van der Waals surface area contributed by atoms with E-state index in [2.05, 4.69) is 15.1 Å². The molecule has 88 valence electrons. The molecule has 0 amide bonds. The molecule has 0 aliphatic carbocycles. The number of rotatable bonds is 3. The highest BCUT2D eigenvalue weighted by Gasteiger charge is 2.19. The first-order chi connectivity index (χ1) is 8.11. The van der Waals surface area contributed by atoms with Crippen LogP contribution in [0, 0.1) is 17.0 Å². The lowest BCUT2D eigenvalue weighted by Gasteiger charge is -2.03. The molecule has 0 spiro atoms. The first kappa shape index (κ1) is 11.0. The maximum absolute atomic E-state index is 10.9. The topological polar surface area (TPSA) is 96.0 Å². The summed E-state index contributed by atoms with van der Waals surface area (Å²) < 4.78 is 6.17. The zero-order valence-corrected chi connectivity index (χ0v) is 9.19. The summed E-state index contributed by atoms with van der Waals surface area (Å²) in [6, 6.07) is 2.74. The Bertz CT molecular complexity index is 566. The van der Waals surface area contributed by atoms with Gasteiger partial charge in [-0.15, -0.1) is 5.10 Å². The van der Waals surface area contributed by atoms with E-state index < -0.39 is 4.92 Å². The van der Waals surface area contributed by atoms with Gasteiger partial charge < -0.3 is 4.74 Å². The lowest BCUT2D eigenvalue weighted by Crippen LogP contribution is -2.04. The molecule has 0 aromatic carbocycles. The summed E-state index contributed by atoms with van der Waals surface area (Å²) in [5.41, 5.74) is -0.157. The Morgan fingerprint density at radius 1 is 1.47 bits per heavy atom. The van der Waals surface area contributed by atoms with E-state index in [9.17, 15) is 10.1 Å². The summed E-state index contributed by atoms with van der Waals surface area (Å²) in [5.74, 6) is 0.859. The molecule has 17 heavy (non-hydrogen) atoms. The lowest BCUT2D eigenvalue weighted by molar-refractivity contribution is -0.385. The normalized spacial score (nSPS) is 10.2. The average Bonchev–Trinajstić information content (AvgIpc) is 2.75. The minimum Gasteiger partial charge on any atom is -0.481 e. The number of nitro groups is 1. The van der Waals surface area contributed by atoms with Crippen LogP contribution in [0.4, 0.5) is 5.69 Å². The summed E-state index contributed by atoms with van der Waals surface area (Å²) in [6.07, 6.45) is 1.37. The Labute approximate surface area is 96.0 Å². The third-order valence-corrected chi connectivity index (χ3v) is 2.06. The Balaban J connectivity index is 2.60. The molecule has 0 radical (unpaired) electrons. The molecule has 2 heterocycles. The van der Waals surface area contributed by atoms with E-state index in [0.717, 1.165) is 0 Å². The highest BCUT2D eigenvalue weighted by molar-refractivity contribution is 5.47. The SMILES string of the molecule is COc1ccc([N+](=O)[O-])c(-n2cnc(C)n2)n1. The summed E-state index contributed by atoms with van der Waals surface area (Å²) in [4.78, 5) is 18.2. The fourth-order valence-corrected chi connectivity index (χ4v) is 1.30. The van der Waals surface area contributed by atoms with Gasteiger partial charge in [-0.1, -0.05) is 0 Å². The van der Waals surface area contributed by atoms with Crippen LogP contribution in [0.15, 0.2) is 18.5 Å². The van der Waals surface area contributed by atoms with Crippen molar-refractivity contribution in [3.63, 3.8) is 0 Å². The van der Waals surface area contributed by atoms with Crippen LogP contribution in [-0.2, 0) is 0 Å². The predicted octanol–water partition coefficient (Wildman–Crippen LogP) is 0.888. The Morgan fingerprint density at radius 3 is 2.76 bits per heavy atom. The van der Waals surface area contributed by atoms with Crippen LogP contribution in [0.5, 0.6) is 5.88 Å². The van der Waals surface area contributed by atoms with E-state index in [0.29, 0.717) is 5.82 Å². The molecule has 0 unspecified atom stereocenters. The standard InChI is InChI=1S/C9H9N5O3/c1-6-10-5-13(12-6)9-7(14(15)16)3-4-8(11-9)17-2/h3-5H,1-2H3. The quantitative estimate of drug-likeness (QED) is 0.579. The van der Waals surface area contributed by atoms with Crippen molar-refractivity contribution < 1.29 is 9.66 Å². The number of aryl methyl sites for hydroxylation is 1. The number of pyridine rings is 1. The molecule has 8 heteroatoms. The highest BCUT2D eigenvalue weighted by Crippen LogP contribution is 2.22. The molecule has 8 nitrogen and oxygen atoms in total. The van der Waals surface area contributed by atoms with Crippen LogP contribution < -0.4 is 4.74 Å². The van der Waals surface area contributed by atoms with Gasteiger partial charge in [0.25, 0.3) is 0 Å². The molecule has 0 aliphatic heterocycles. The first-order valence-corrected chi connectivity index (χ1v) is 4.70. The molecule has 0 saturated heterocycles. The van der Waals surface area contributed by atoms with Gasteiger partial charge in [0.15, 0.2) is 0 Å². The van der Waals surface area contributed by atoms with Crippen molar-refractivity contribution in [2.24, 2.45) is 0 Å². The molecule has 0 atom stereocenters. The number of hydrogen-bond donors (Lipinski definition) is 0. The van der Waals surface area contributed by atoms with Gasteiger partial charge in [0.2, 0.25) is 11.7 Å². The minimum atomic E-state index is -0.529. The van der Waals surface area contributed by atoms with Crippen LogP contribution in [0.3, 0.4) is 0 Å². The van der Waals surface area contributed by atoms with Crippen molar-refractivity contribution >= 4 is 5.69 Å². The molecular formula is C9H9N5O3. The van der Waals surface area contributed by atoms with Crippen LogP contribution in [0.1, 0.15) is 5.82 Å². The lowest BCUT2D eigenvalue weighted by atomic mass is 10.4. The highest BCUT2D eigenvalue weighted by atomic mass is 16.6. The van der Waals surface area contributed by atoms with Crippen LogP contribution in [0.2, 0.25) is 0 Å². The van der Waals surface area contributed by atoms with Gasteiger partial charge in [0.1, 0.15) is 12.2 Å². The Hall–Kier alpha value is -2.51. The number of ether oxygens (including phenoxy) is 1. The summed E-state index contributed by atoms with van der Waals surface area (Å²) in [7, 11) is 1.44. The largest absolute Gasteiger partial charge is 0.481 e. The van der Waals surface area contributed by atoms with Gasteiger partial charge in [0.05, 0.1) is 12.0 Å². The number of nitrogens with zero attached hydrogens (tertiary/aromatic N) is 5. The zero-order valence-electron chi connectivity index (χ0n) is 9.19. The van der Waals surface area contributed by atoms with Gasteiger partial charge >= 0.3 is 5.69 Å². The molecule has 0 fully saturated rings. The average molecular weight is 235 g/mol. The Morgan fingerprint density at radius 2 is 2.24 bits per heavy atom. The van der Waals surface area contributed by atoms with E-state index in [1.54, 1.807) is 6.92 Å². The van der Waals surface area contributed by atoms with Crippen molar-refractivity contribution in [1.29, 1.82) is 0 Å². The van der Waals surface area contributed by atoms with Crippen LogP contribution in [0.25, 0.3) is 5.82 Å². The van der Waals surface area contributed by atoms with Crippen LogP contribution >= 0.6 is 0 Å². The van der Waals surface area contributed by atoms with Gasteiger partial charge in [-0.05, 0) is 6.92 Å². The van der Waals surface area contributed by atoms with Gasteiger partial charge in [-0.25, -0.2) is 4.98 Å². The smallest absolute Gasteiger partial charge is 0.314 e. The molecule has 2 aromatic rings. The number of hydrogen-bond acceptors (Lipinski definition) is 6. The second-order valence-electron chi connectivity index (χ2n) is 3.19. The minimum absolute atomic E-state index is 0.0787. The van der Waals surface area contributed by atoms with Crippen molar-refractivity contribution in [3.8, 4) is 11.7 Å². The molecule has 0 aliphatic rings. The van der Waals surface area contributed by atoms with Gasteiger partial charge in [-0.2, -0.15) is 9.67 Å². The summed E-state index contributed by atoms with van der Waals surface area (Å²) >= 11 is 0. The maximum Gasteiger partial charge on any atom is 0.314 e. The summed E-state index contributed by atoms with van der Waals surface area (Å²) in [5, 5.41) is 14.8. The van der Waals surface area contributed by atoms with Crippen molar-refractivity contribution in [2.45, 2.75) is 6.92 Å². The first-order valence-electron chi connectivity index (χ1n) is 4.70. The van der Waals surface area contributed by atoms with E-state index in [4.69, 9.17) is 4.74 Å².